The van der Waals surface area contributed by atoms with Crippen LogP contribution in [0.5, 0.6) is 5.75 Å². The number of benzene rings is 3. The van der Waals surface area contributed by atoms with Crippen LogP contribution in [0.1, 0.15) is 5.56 Å². The summed E-state index contributed by atoms with van der Waals surface area (Å²) in [4.78, 5) is 4.76. The molecule has 0 atom stereocenters. The molecule has 3 aromatic carbocycles. The summed E-state index contributed by atoms with van der Waals surface area (Å²) in [6.07, 6.45) is 0.890. The minimum absolute atomic E-state index is 0.337. The highest BCUT2D eigenvalue weighted by Crippen LogP contribution is 2.30. The molecule has 1 aromatic heterocycles. The second-order valence-electron chi connectivity index (χ2n) is 5.98. The average molecular weight is 440 g/mol. The molecule has 4 rings (SSSR count). The van der Waals surface area contributed by atoms with Crippen LogP contribution in [0.3, 0.4) is 0 Å². The number of halogens is 1. The van der Waals surface area contributed by atoms with Gasteiger partial charge in [0.25, 0.3) is 0 Å². The summed E-state index contributed by atoms with van der Waals surface area (Å²) in [6, 6.07) is 22.2. The second-order valence-corrected chi connectivity index (χ2v) is 7.15. The Morgan fingerprint density at radius 2 is 1.52 bits per heavy atom. The number of aromatic hydroxyl groups is 1. The molecule has 25 heavy (non-hydrogen) atoms. The van der Waals surface area contributed by atoms with Crippen molar-refractivity contribution in [3.05, 3.63) is 75.9 Å². The standard InChI is InChI=1S/C21H17IN2O/c22-17-13-14(9-10-20(17)25)11-12-23-21-15-5-1-3-7-18(15)24-19-8-4-2-6-16(19)21/h1-10,13,25H,11-12H2,(H,23,24). The van der Waals surface area contributed by atoms with E-state index in [0.717, 1.165) is 44.0 Å². The lowest BCUT2D eigenvalue weighted by Crippen LogP contribution is -2.06. The summed E-state index contributed by atoms with van der Waals surface area (Å²) >= 11 is 2.16. The third kappa shape index (κ3) is 3.26. The van der Waals surface area contributed by atoms with Gasteiger partial charge >= 0.3 is 0 Å². The minimum Gasteiger partial charge on any atom is -0.507 e. The molecule has 3 nitrogen and oxygen atoms in total. The average Bonchev–Trinajstić information content (AvgIpc) is 2.64. The Hall–Kier alpha value is -2.34. The van der Waals surface area contributed by atoms with E-state index in [1.165, 1.54) is 5.56 Å². The minimum atomic E-state index is 0.337. The van der Waals surface area contributed by atoms with E-state index in [-0.39, 0.29) is 0 Å². The molecule has 0 unspecified atom stereocenters. The van der Waals surface area contributed by atoms with E-state index >= 15 is 0 Å². The van der Waals surface area contributed by atoms with Crippen molar-refractivity contribution in [2.75, 3.05) is 11.9 Å². The quantitative estimate of drug-likeness (QED) is 0.332. The Kier molecular flexibility index (Phi) is 4.44. The van der Waals surface area contributed by atoms with Crippen LogP contribution in [0.15, 0.2) is 66.7 Å². The first-order valence-corrected chi connectivity index (χ1v) is 9.29. The molecule has 0 saturated carbocycles. The van der Waals surface area contributed by atoms with Gasteiger partial charge in [-0.05, 0) is 58.8 Å². The molecule has 4 heteroatoms. The number of phenols is 1. The lowest BCUT2D eigenvalue weighted by atomic mass is 10.1. The number of hydrogen-bond acceptors (Lipinski definition) is 3. The monoisotopic (exact) mass is 440 g/mol. The van der Waals surface area contributed by atoms with Crippen molar-refractivity contribution in [3.63, 3.8) is 0 Å². The SMILES string of the molecule is Oc1ccc(CCNc2c3ccccc3nc3ccccc23)cc1I. The number of nitrogens with one attached hydrogen (secondary N) is 1. The first-order chi connectivity index (χ1) is 12.2. The van der Waals surface area contributed by atoms with Crippen LogP contribution in [0.2, 0.25) is 0 Å². The van der Waals surface area contributed by atoms with Crippen molar-refractivity contribution in [1.29, 1.82) is 0 Å². The number of anilines is 1. The van der Waals surface area contributed by atoms with Crippen LogP contribution >= 0.6 is 22.6 Å². The number of aromatic nitrogens is 1. The summed E-state index contributed by atoms with van der Waals surface area (Å²) in [6.45, 7) is 0.818. The Balaban J connectivity index is 1.66. The van der Waals surface area contributed by atoms with Crippen LogP contribution in [0, 0.1) is 3.57 Å². The van der Waals surface area contributed by atoms with Gasteiger partial charge in [0, 0.05) is 17.3 Å². The molecule has 0 saturated heterocycles. The Labute approximate surface area is 159 Å². The van der Waals surface area contributed by atoms with E-state index in [4.69, 9.17) is 4.98 Å². The van der Waals surface area contributed by atoms with Crippen molar-refractivity contribution in [1.82, 2.24) is 4.98 Å². The summed E-state index contributed by atoms with van der Waals surface area (Å²) in [7, 11) is 0. The van der Waals surface area contributed by atoms with E-state index < -0.39 is 0 Å². The zero-order valence-corrected chi connectivity index (χ0v) is 15.7. The fraction of sp³-hybridized carbons (Fsp3) is 0.0952. The summed E-state index contributed by atoms with van der Waals surface area (Å²) < 4.78 is 0.884. The number of fused-ring (bicyclic) bond motifs is 2. The van der Waals surface area contributed by atoms with Crippen molar-refractivity contribution in [3.8, 4) is 5.75 Å². The predicted octanol–water partition coefficient (Wildman–Crippen LogP) is 5.35. The van der Waals surface area contributed by atoms with Gasteiger partial charge in [0.1, 0.15) is 5.75 Å². The van der Waals surface area contributed by atoms with E-state index in [2.05, 4.69) is 52.2 Å². The van der Waals surface area contributed by atoms with Crippen molar-refractivity contribution >= 4 is 50.1 Å². The van der Waals surface area contributed by atoms with E-state index in [9.17, 15) is 5.11 Å². The molecule has 0 fully saturated rings. The number of para-hydroxylation sites is 2. The zero-order chi connectivity index (χ0) is 17.2. The molecule has 0 bridgehead atoms. The molecule has 4 aromatic rings. The first kappa shape index (κ1) is 16.1. The van der Waals surface area contributed by atoms with Gasteiger partial charge in [-0.15, -0.1) is 0 Å². The number of nitrogens with zero attached hydrogens (tertiary/aromatic N) is 1. The molecule has 1 heterocycles. The molecule has 0 spiro atoms. The molecule has 0 aliphatic heterocycles. The summed E-state index contributed by atoms with van der Waals surface area (Å²) in [5, 5.41) is 15.5. The molecule has 2 N–H and O–H groups in total. The van der Waals surface area contributed by atoms with Crippen LogP contribution in [0.25, 0.3) is 21.8 Å². The highest BCUT2D eigenvalue weighted by atomic mass is 127. The third-order valence-electron chi connectivity index (χ3n) is 4.32. The maximum absolute atomic E-state index is 9.65. The number of rotatable bonds is 4. The van der Waals surface area contributed by atoms with Gasteiger partial charge in [0.15, 0.2) is 0 Å². The molecule has 124 valence electrons. The fourth-order valence-corrected chi connectivity index (χ4v) is 3.65. The van der Waals surface area contributed by atoms with Crippen LogP contribution < -0.4 is 5.32 Å². The summed E-state index contributed by atoms with van der Waals surface area (Å²) in [5.41, 5.74) is 4.35. The van der Waals surface area contributed by atoms with Gasteiger partial charge in [-0.2, -0.15) is 0 Å². The Morgan fingerprint density at radius 3 is 2.16 bits per heavy atom. The molecule has 0 aliphatic rings. The van der Waals surface area contributed by atoms with E-state index in [0.29, 0.717) is 5.75 Å². The smallest absolute Gasteiger partial charge is 0.128 e. The third-order valence-corrected chi connectivity index (χ3v) is 5.18. The molecule has 0 aliphatic carbocycles. The summed E-state index contributed by atoms with van der Waals surface area (Å²) in [5.74, 6) is 0.337. The largest absolute Gasteiger partial charge is 0.507 e. The fourth-order valence-electron chi connectivity index (χ4n) is 3.07. The number of phenolic OH excluding ortho intramolecular Hbond substituents is 1. The maximum atomic E-state index is 9.65. The first-order valence-electron chi connectivity index (χ1n) is 8.21. The van der Waals surface area contributed by atoms with Gasteiger partial charge in [0.2, 0.25) is 0 Å². The van der Waals surface area contributed by atoms with Crippen LogP contribution in [-0.4, -0.2) is 16.6 Å². The lowest BCUT2D eigenvalue weighted by molar-refractivity contribution is 0.471. The van der Waals surface area contributed by atoms with E-state index in [1.54, 1.807) is 6.07 Å². The maximum Gasteiger partial charge on any atom is 0.128 e. The predicted molar refractivity (Wildman–Crippen MR) is 112 cm³/mol. The van der Waals surface area contributed by atoms with Crippen molar-refractivity contribution in [2.24, 2.45) is 0 Å². The van der Waals surface area contributed by atoms with Crippen molar-refractivity contribution < 1.29 is 5.11 Å². The number of hydrogen-bond donors (Lipinski definition) is 2. The molecular weight excluding hydrogens is 423 g/mol. The molecule has 0 radical (unpaired) electrons. The normalized spacial score (nSPS) is 11.1. The van der Waals surface area contributed by atoms with Gasteiger partial charge in [-0.1, -0.05) is 42.5 Å². The topological polar surface area (TPSA) is 45.1 Å². The molecular formula is C21H17IN2O. The van der Waals surface area contributed by atoms with Gasteiger partial charge in [-0.25, -0.2) is 4.98 Å². The van der Waals surface area contributed by atoms with E-state index in [1.807, 2.05) is 36.4 Å². The Bertz CT molecular complexity index is 1010. The van der Waals surface area contributed by atoms with Crippen LogP contribution in [-0.2, 0) is 6.42 Å². The highest BCUT2D eigenvalue weighted by Gasteiger charge is 2.08. The second kappa shape index (κ2) is 6.88. The van der Waals surface area contributed by atoms with Gasteiger partial charge in [-0.3, -0.25) is 0 Å². The van der Waals surface area contributed by atoms with Gasteiger partial charge < -0.3 is 10.4 Å². The Morgan fingerprint density at radius 1 is 0.880 bits per heavy atom. The lowest BCUT2D eigenvalue weighted by Gasteiger charge is -2.13. The van der Waals surface area contributed by atoms with Gasteiger partial charge in [0.05, 0.1) is 20.3 Å². The van der Waals surface area contributed by atoms with Crippen LogP contribution in [0.4, 0.5) is 5.69 Å². The van der Waals surface area contributed by atoms with Crippen molar-refractivity contribution in [2.45, 2.75) is 6.42 Å². The number of pyridine rings is 1. The highest BCUT2D eigenvalue weighted by molar-refractivity contribution is 14.1. The molecule has 0 amide bonds. The zero-order valence-electron chi connectivity index (χ0n) is 13.5.